The lowest BCUT2D eigenvalue weighted by Gasteiger charge is -2.19. The van der Waals surface area contributed by atoms with E-state index in [1.54, 1.807) is 49.1 Å². The minimum Gasteiger partial charge on any atom is -0.336 e. The number of carbonyl (C=O) groups excluding carboxylic acids is 1. The third-order valence-corrected chi connectivity index (χ3v) is 3.62. The summed E-state index contributed by atoms with van der Waals surface area (Å²) in [4.78, 5) is 24.8. The average Bonchev–Trinajstić information content (AvgIpc) is 3.00. The third kappa shape index (κ3) is 3.15. The molecule has 7 heteroatoms. The number of nitrogens with zero attached hydrogens (tertiary/aromatic N) is 4. The number of rotatable bonds is 4. The first-order valence-electron chi connectivity index (χ1n) is 7.37. The Morgan fingerprint density at radius 3 is 2.62 bits per heavy atom. The summed E-state index contributed by atoms with van der Waals surface area (Å²) in [5.74, 6) is -0.340. The normalized spacial score (nSPS) is 12.0. The van der Waals surface area contributed by atoms with Crippen molar-refractivity contribution in [3.8, 4) is 0 Å². The summed E-state index contributed by atoms with van der Waals surface area (Å²) in [5, 5.41) is 2.79. The summed E-state index contributed by atoms with van der Waals surface area (Å²) in [6.45, 7) is 1.78. The van der Waals surface area contributed by atoms with Crippen molar-refractivity contribution >= 4 is 5.91 Å². The van der Waals surface area contributed by atoms with E-state index in [2.05, 4.69) is 20.3 Å². The van der Waals surface area contributed by atoms with Gasteiger partial charge >= 0.3 is 0 Å². The molecule has 3 rings (SSSR count). The van der Waals surface area contributed by atoms with Crippen LogP contribution in [0.4, 0.5) is 4.39 Å². The lowest BCUT2D eigenvalue weighted by Crippen LogP contribution is -2.32. The molecule has 1 N–H and O–H groups in total. The highest BCUT2D eigenvalue weighted by Crippen LogP contribution is 2.23. The number of benzene rings is 1. The fourth-order valence-electron chi connectivity index (χ4n) is 2.36. The van der Waals surface area contributed by atoms with Gasteiger partial charge in [-0.1, -0.05) is 18.2 Å². The van der Waals surface area contributed by atoms with E-state index in [-0.39, 0.29) is 5.69 Å². The molecule has 6 nitrogen and oxygen atoms in total. The summed E-state index contributed by atoms with van der Waals surface area (Å²) >= 11 is 0. The third-order valence-electron chi connectivity index (χ3n) is 3.62. The molecule has 122 valence electrons. The van der Waals surface area contributed by atoms with E-state index >= 15 is 0 Å². The van der Waals surface area contributed by atoms with Gasteiger partial charge in [-0.25, -0.2) is 14.4 Å². The fourth-order valence-corrected chi connectivity index (χ4v) is 2.36. The molecule has 0 aliphatic carbocycles. The first-order chi connectivity index (χ1) is 11.6. The maximum Gasteiger partial charge on any atom is 0.272 e. The molecule has 0 saturated heterocycles. The van der Waals surface area contributed by atoms with Crippen LogP contribution < -0.4 is 5.32 Å². The van der Waals surface area contributed by atoms with Crippen molar-refractivity contribution in [2.24, 2.45) is 7.05 Å². The monoisotopic (exact) mass is 325 g/mol. The molecule has 2 aromatic heterocycles. The second kappa shape index (κ2) is 6.57. The van der Waals surface area contributed by atoms with Crippen LogP contribution >= 0.6 is 0 Å². The highest BCUT2D eigenvalue weighted by Gasteiger charge is 2.24. The van der Waals surface area contributed by atoms with Gasteiger partial charge in [-0.15, -0.1) is 0 Å². The largest absolute Gasteiger partial charge is 0.336 e. The van der Waals surface area contributed by atoms with E-state index in [9.17, 15) is 9.18 Å². The van der Waals surface area contributed by atoms with Crippen molar-refractivity contribution in [2.75, 3.05) is 0 Å². The van der Waals surface area contributed by atoms with Crippen molar-refractivity contribution in [1.29, 1.82) is 0 Å². The molecule has 1 amide bonds. The molecular formula is C17H16FN5O. The zero-order chi connectivity index (χ0) is 17.1. The van der Waals surface area contributed by atoms with Gasteiger partial charge in [0, 0.05) is 31.2 Å². The molecule has 1 aromatic carbocycles. The molecule has 3 aromatic rings. The predicted octanol–water partition coefficient (Wildman–Crippen LogP) is 2.18. The summed E-state index contributed by atoms with van der Waals surface area (Å²) in [6.07, 6.45) is 6.23. The van der Waals surface area contributed by atoms with Crippen molar-refractivity contribution in [3.05, 3.63) is 77.6 Å². The Labute approximate surface area is 138 Å². The van der Waals surface area contributed by atoms with Gasteiger partial charge in [-0.2, -0.15) is 0 Å². The number of carbonyl (C=O) groups is 1. The zero-order valence-electron chi connectivity index (χ0n) is 13.3. The van der Waals surface area contributed by atoms with E-state index in [0.717, 1.165) is 0 Å². The molecule has 1 unspecified atom stereocenters. The summed E-state index contributed by atoms with van der Waals surface area (Å²) in [7, 11) is 1.79. The topological polar surface area (TPSA) is 72.7 Å². The smallest absolute Gasteiger partial charge is 0.272 e. The average molecular weight is 325 g/mol. The van der Waals surface area contributed by atoms with E-state index in [0.29, 0.717) is 17.1 Å². The molecule has 24 heavy (non-hydrogen) atoms. The van der Waals surface area contributed by atoms with E-state index in [1.165, 1.54) is 18.5 Å². The molecule has 1 atom stereocenters. The van der Waals surface area contributed by atoms with Crippen molar-refractivity contribution in [1.82, 2.24) is 24.8 Å². The first-order valence-corrected chi connectivity index (χ1v) is 7.37. The van der Waals surface area contributed by atoms with Crippen molar-refractivity contribution < 1.29 is 9.18 Å². The van der Waals surface area contributed by atoms with Gasteiger partial charge in [0.2, 0.25) is 0 Å². The first kappa shape index (κ1) is 15.8. The van der Waals surface area contributed by atoms with Gasteiger partial charge in [-0.3, -0.25) is 9.78 Å². The Kier molecular flexibility index (Phi) is 4.33. The van der Waals surface area contributed by atoms with Gasteiger partial charge in [0.1, 0.15) is 23.4 Å². The van der Waals surface area contributed by atoms with Crippen LogP contribution in [-0.2, 0) is 7.05 Å². The molecule has 2 heterocycles. The number of amides is 1. The number of imidazole rings is 1. The van der Waals surface area contributed by atoms with Crippen LogP contribution in [0.1, 0.15) is 33.6 Å². The number of hydrogen-bond acceptors (Lipinski definition) is 4. The van der Waals surface area contributed by atoms with Crippen LogP contribution in [0.3, 0.4) is 0 Å². The Morgan fingerprint density at radius 1 is 1.21 bits per heavy atom. The maximum absolute atomic E-state index is 14.3. The Balaban J connectivity index is 1.97. The lowest BCUT2D eigenvalue weighted by molar-refractivity contribution is 0.0935. The van der Waals surface area contributed by atoms with Gasteiger partial charge in [-0.05, 0) is 13.0 Å². The highest BCUT2D eigenvalue weighted by atomic mass is 19.1. The summed E-state index contributed by atoms with van der Waals surface area (Å²) < 4.78 is 16.0. The van der Waals surface area contributed by atoms with Crippen LogP contribution in [0.15, 0.2) is 49.1 Å². The molecular weight excluding hydrogens is 309 g/mol. The van der Waals surface area contributed by atoms with Crippen LogP contribution in [-0.4, -0.2) is 25.4 Å². The minimum atomic E-state index is -0.734. The van der Waals surface area contributed by atoms with Crippen LogP contribution in [0.2, 0.25) is 0 Å². The van der Waals surface area contributed by atoms with Crippen LogP contribution in [0.25, 0.3) is 0 Å². The van der Waals surface area contributed by atoms with Gasteiger partial charge < -0.3 is 9.88 Å². The number of aryl methyl sites for hydroxylation is 2. The molecule has 0 spiro atoms. The molecule has 0 fully saturated rings. The van der Waals surface area contributed by atoms with Gasteiger partial charge in [0.05, 0.1) is 11.9 Å². The molecule has 0 bridgehead atoms. The second-order valence-corrected chi connectivity index (χ2v) is 5.37. The van der Waals surface area contributed by atoms with E-state index in [1.807, 2.05) is 0 Å². The van der Waals surface area contributed by atoms with Gasteiger partial charge in [0.25, 0.3) is 5.91 Å². The second-order valence-electron chi connectivity index (χ2n) is 5.37. The maximum atomic E-state index is 14.3. The summed E-state index contributed by atoms with van der Waals surface area (Å²) in [5.41, 5.74) is 1.21. The van der Waals surface area contributed by atoms with Crippen LogP contribution in [0.5, 0.6) is 0 Å². The quantitative estimate of drug-likeness (QED) is 0.798. The van der Waals surface area contributed by atoms with Crippen molar-refractivity contribution in [3.63, 3.8) is 0 Å². The zero-order valence-corrected chi connectivity index (χ0v) is 13.3. The van der Waals surface area contributed by atoms with Crippen molar-refractivity contribution in [2.45, 2.75) is 13.0 Å². The minimum absolute atomic E-state index is 0.163. The predicted molar refractivity (Wildman–Crippen MR) is 85.7 cm³/mol. The molecule has 0 saturated carbocycles. The van der Waals surface area contributed by atoms with Gasteiger partial charge in [0.15, 0.2) is 0 Å². The number of nitrogens with one attached hydrogen (secondary N) is 1. The van der Waals surface area contributed by atoms with E-state index in [4.69, 9.17) is 0 Å². The standard InChI is InChI=1S/C17H16FN5O/c1-11-9-21-14(10-20-11)17(24)22-15(16-19-7-8-23(16)2)12-5-3-4-6-13(12)18/h3-10,15H,1-2H3,(H,22,24). The number of hydrogen-bond donors (Lipinski definition) is 1. The Morgan fingerprint density at radius 2 is 2.00 bits per heavy atom. The summed E-state index contributed by atoms with van der Waals surface area (Å²) in [6, 6.07) is 5.55. The molecule has 0 aliphatic rings. The Bertz CT molecular complexity index is 859. The Hall–Kier alpha value is -3.09. The molecule has 0 aliphatic heterocycles. The SMILES string of the molecule is Cc1cnc(C(=O)NC(c2ccccc2F)c2nccn2C)cn1. The highest BCUT2D eigenvalue weighted by molar-refractivity contribution is 5.92. The number of halogens is 1. The lowest BCUT2D eigenvalue weighted by atomic mass is 10.1. The molecule has 0 radical (unpaired) electrons. The van der Waals surface area contributed by atoms with E-state index < -0.39 is 17.8 Å². The fraction of sp³-hybridized carbons (Fsp3) is 0.176. The van der Waals surface area contributed by atoms with Crippen LogP contribution in [0, 0.1) is 12.7 Å². The number of aromatic nitrogens is 4.